The van der Waals surface area contributed by atoms with Gasteiger partial charge >= 0.3 is 0 Å². The molecule has 0 aliphatic rings. The number of nitrogens with zero attached hydrogens (tertiary/aromatic N) is 2. The van der Waals surface area contributed by atoms with Gasteiger partial charge in [0.2, 0.25) is 9.84 Å². The molecule has 0 spiro atoms. The van der Waals surface area contributed by atoms with E-state index in [4.69, 9.17) is 16.3 Å². The molecule has 1 heterocycles. The minimum Gasteiger partial charge on any atom is -0.380 e. The van der Waals surface area contributed by atoms with Gasteiger partial charge in [-0.05, 0) is 19.1 Å². The second kappa shape index (κ2) is 7.04. The Morgan fingerprint density at radius 1 is 1.27 bits per heavy atom. The van der Waals surface area contributed by atoms with Crippen LogP contribution < -0.4 is 5.32 Å². The molecule has 1 atom stereocenters. The SMILES string of the molecule is COC(C)CNc1nnc(Cl)cc1S(=O)(=O)c1ccccc1. The third-order valence-corrected chi connectivity index (χ3v) is 5.00. The van der Waals surface area contributed by atoms with Crippen molar-refractivity contribution < 1.29 is 13.2 Å². The van der Waals surface area contributed by atoms with Gasteiger partial charge in [-0.3, -0.25) is 0 Å². The van der Waals surface area contributed by atoms with Crippen molar-refractivity contribution in [3.8, 4) is 0 Å². The number of hydrogen-bond acceptors (Lipinski definition) is 6. The number of methoxy groups -OCH3 is 1. The second-order valence-electron chi connectivity index (χ2n) is 4.62. The maximum atomic E-state index is 12.7. The van der Waals surface area contributed by atoms with Crippen LogP contribution in [0.15, 0.2) is 46.2 Å². The fourth-order valence-electron chi connectivity index (χ4n) is 1.73. The molecule has 0 aliphatic heterocycles. The molecule has 0 fully saturated rings. The fourth-order valence-corrected chi connectivity index (χ4v) is 3.35. The van der Waals surface area contributed by atoms with Crippen LogP contribution in [0, 0.1) is 0 Å². The molecule has 2 aromatic rings. The molecule has 22 heavy (non-hydrogen) atoms. The highest BCUT2D eigenvalue weighted by atomic mass is 35.5. The van der Waals surface area contributed by atoms with Crippen LogP contribution in [0.5, 0.6) is 0 Å². The third kappa shape index (κ3) is 3.73. The molecule has 1 unspecified atom stereocenters. The van der Waals surface area contributed by atoms with Crippen molar-refractivity contribution in [3.63, 3.8) is 0 Å². The van der Waals surface area contributed by atoms with Crippen LogP contribution in [-0.2, 0) is 14.6 Å². The summed E-state index contributed by atoms with van der Waals surface area (Å²) in [6.45, 7) is 2.24. The van der Waals surface area contributed by atoms with Crippen molar-refractivity contribution >= 4 is 27.3 Å². The average molecular weight is 342 g/mol. The van der Waals surface area contributed by atoms with Gasteiger partial charge in [0.1, 0.15) is 4.90 Å². The van der Waals surface area contributed by atoms with Gasteiger partial charge in [-0.15, -0.1) is 10.2 Å². The lowest BCUT2D eigenvalue weighted by Gasteiger charge is -2.14. The molecule has 0 radical (unpaired) electrons. The van der Waals surface area contributed by atoms with Gasteiger partial charge in [-0.1, -0.05) is 29.8 Å². The number of rotatable bonds is 6. The fraction of sp³-hybridized carbons (Fsp3) is 0.286. The molecule has 0 saturated carbocycles. The number of benzene rings is 1. The summed E-state index contributed by atoms with van der Waals surface area (Å²) in [7, 11) is -2.17. The van der Waals surface area contributed by atoms with Crippen molar-refractivity contribution in [1.29, 1.82) is 0 Å². The molecule has 6 nitrogen and oxygen atoms in total. The van der Waals surface area contributed by atoms with Crippen molar-refractivity contribution in [1.82, 2.24) is 10.2 Å². The summed E-state index contributed by atoms with van der Waals surface area (Å²) in [6.07, 6.45) is -0.107. The summed E-state index contributed by atoms with van der Waals surface area (Å²) in [5.41, 5.74) is 0. The molecular formula is C14H16ClN3O3S. The zero-order valence-corrected chi connectivity index (χ0v) is 13.7. The smallest absolute Gasteiger partial charge is 0.210 e. The molecule has 0 aliphatic carbocycles. The zero-order chi connectivity index (χ0) is 16.2. The Kier molecular flexibility index (Phi) is 5.33. The van der Waals surface area contributed by atoms with Crippen LogP contribution in [-0.4, -0.2) is 38.4 Å². The normalized spacial score (nSPS) is 12.9. The van der Waals surface area contributed by atoms with Crippen LogP contribution >= 0.6 is 11.6 Å². The maximum absolute atomic E-state index is 12.7. The topological polar surface area (TPSA) is 81.2 Å². The van der Waals surface area contributed by atoms with Gasteiger partial charge < -0.3 is 10.1 Å². The van der Waals surface area contributed by atoms with Crippen LogP contribution in [0.4, 0.5) is 5.82 Å². The Morgan fingerprint density at radius 2 is 1.95 bits per heavy atom. The second-order valence-corrected chi connectivity index (χ2v) is 6.93. The average Bonchev–Trinajstić information content (AvgIpc) is 2.54. The predicted octanol–water partition coefficient (Wildman–Crippen LogP) is 2.41. The lowest BCUT2D eigenvalue weighted by Crippen LogP contribution is -2.20. The van der Waals surface area contributed by atoms with Gasteiger partial charge in [0, 0.05) is 19.7 Å². The first-order valence-corrected chi connectivity index (χ1v) is 8.41. The highest BCUT2D eigenvalue weighted by Gasteiger charge is 2.23. The first-order valence-electron chi connectivity index (χ1n) is 6.55. The van der Waals surface area contributed by atoms with Crippen LogP contribution in [0.25, 0.3) is 0 Å². The van der Waals surface area contributed by atoms with Crippen LogP contribution in [0.3, 0.4) is 0 Å². The van der Waals surface area contributed by atoms with E-state index < -0.39 is 9.84 Å². The van der Waals surface area contributed by atoms with E-state index in [1.807, 2.05) is 6.92 Å². The number of nitrogens with one attached hydrogen (secondary N) is 1. The van der Waals surface area contributed by atoms with Gasteiger partial charge in [-0.25, -0.2) is 8.42 Å². The zero-order valence-electron chi connectivity index (χ0n) is 12.2. The first-order chi connectivity index (χ1) is 10.4. The number of aromatic nitrogens is 2. The minimum absolute atomic E-state index is 0.0120. The number of anilines is 1. The van der Waals surface area contributed by atoms with Gasteiger partial charge in [-0.2, -0.15) is 0 Å². The number of ether oxygens (including phenoxy) is 1. The molecule has 0 bridgehead atoms. The Morgan fingerprint density at radius 3 is 2.59 bits per heavy atom. The molecule has 0 saturated heterocycles. The standard InChI is InChI=1S/C14H16ClN3O3S/c1-10(21-2)9-16-14-12(8-13(15)17-18-14)22(19,20)11-6-4-3-5-7-11/h3-8,10H,9H2,1-2H3,(H,16,18). The van der Waals surface area contributed by atoms with Crippen LogP contribution in [0.2, 0.25) is 5.15 Å². The van der Waals surface area contributed by atoms with Gasteiger partial charge in [0.05, 0.1) is 11.0 Å². The third-order valence-electron chi connectivity index (χ3n) is 3.03. The largest absolute Gasteiger partial charge is 0.380 e. The van der Waals surface area contributed by atoms with Crippen molar-refractivity contribution in [2.45, 2.75) is 22.8 Å². The number of halogens is 1. The van der Waals surface area contributed by atoms with E-state index in [0.717, 1.165) is 0 Å². The van der Waals surface area contributed by atoms with Crippen LogP contribution in [0.1, 0.15) is 6.92 Å². The summed E-state index contributed by atoms with van der Waals surface area (Å²) in [6, 6.07) is 9.38. The van der Waals surface area contributed by atoms with E-state index in [-0.39, 0.29) is 26.9 Å². The minimum atomic E-state index is -3.74. The van der Waals surface area contributed by atoms with E-state index in [1.165, 1.54) is 18.2 Å². The lowest BCUT2D eigenvalue weighted by atomic mass is 10.4. The Hall–Kier alpha value is -1.70. The molecule has 1 N–H and O–H groups in total. The molecule has 1 aromatic heterocycles. The van der Waals surface area contributed by atoms with Gasteiger partial charge in [0.25, 0.3) is 0 Å². The Balaban J connectivity index is 2.43. The van der Waals surface area contributed by atoms with E-state index in [0.29, 0.717) is 6.54 Å². The summed E-state index contributed by atoms with van der Waals surface area (Å²) < 4.78 is 30.6. The molecule has 1 aromatic carbocycles. The van der Waals surface area contributed by atoms with Crippen molar-refractivity contribution in [2.24, 2.45) is 0 Å². The van der Waals surface area contributed by atoms with E-state index in [1.54, 1.807) is 25.3 Å². The lowest BCUT2D eigenvalue weighted by molar-refractivity contribution is 0.128. The van der Waals surface area contributed by atoms with E-state index in [2.05, 4.69) is 15.5 Å². The summed E-state index contributed by atoms with van der Waals surface area (Å²) in [5, 5.41) is 10.5. The predicted molar refractivity (Wildman–Crippen MR) is 83.9 cm³/mol. The highest BCUT2D eigenvalue weighted by molar-refractivity contribution is 7.91. The van der Waals surface area contributed by atoms with Crippen molar-refractivity contribution in [3.05, 3.63) is 41.6 Å². The molecule has 118 valence electrons. The van der Waals surface area contributed by atoms with Gasteiger partial charge in [0.15, 0.2) is 11.0 Å². The number of sulfone groups is 1. The molecule has 2 rings (SSSR count). The number of hydrogen-bond donors (Lipinski definition) is 1. The van der Waals surface area contributed by atoms with Crippen molar-refractivity contribution in [2.75, 3.05) is 19.0 Å². The summed E-state index contributed by atoms with van der Waals surface area (Å²) in [5.74, 6) is 0.150. The summed E-state index contributed by atoms with van der Waals surface area (Å²) in [4.78, 5) is 0.156. The first kappa shape index (κ1) is 16.7. The summed E-state index contributed by atoms with van der Waals surface area (Å²) >= 11 is 5.81. The molecule has 0 amide bonds. The molecular weight excluding hydrogens is 326 g/mol. The monoisotopic (exact) mass is 341 g/mol. The highest BCUT2D eigenvalue weighted by Crippen LogP contribution is 2.27. The Labute approximate surface area is 134 Å². The quantitative estimate of drug-likeness (QED) is 0.869. The van der Waals surface area contributed by atoms with E-state index in [9.17, 15) is 8.42 Å². The van der Waals surface area contributed by atoms with E-state index >= 15 is 0 Å². The molecule has 8 heteroatoms. The maximum Gasteiger partial charge on any atom is 0.210 e. The Bertz CT molecular complexity index is 738.